The minimum Gasteiger partial charge on any atom is -0.465 e. The van der Waals surface area contributed by atoms with Crippen LogP contribution < -0.4 is 0 Å². The first-order valence-electron chi connectivity index (χ1n) is 9.84. The Morgan fingerprint density at radius 3 is 2.39 bits per heavy atom. The molecule has 0 unspecified atom stereocenters. The molecule has 0 saturated carbocycles. The number of Topliss-reactive ketones (excluding diaryl/α,β-unsaturated/α-hetero) is 1. The Bertz CT molecular complexity index is 1330. The molecule has 0 radical (unpaired) electrons. The largest absolute Gasteiger partial charge is 0.465 e. The minimum absolute atomic E-state index is 0.0468. The van der Waals surface area contributed by atoms with Crippen LogP contribution in [-0.4, -0.2) is 45.8 Å². The van der Waals surface area contributed by atoms with Crippen LogP contribution in [0.4, 0.5) is 4.39 Å². The van der Waals surface area contributed by atoms with Crippen LogP contribution in [-0.2, 0) is 9.47 Å². The van der Waals surface area contributed by atoms with E-state index in [4.69, 9.17) is 4.74 Å². The molecule has 8 nitrogen and oxygen atoms in total. The first kappa shape index (κ1) is 21.7. The van der Waals surface area contributed by atoms with E-state index in [0.29, 0.717) is 0 Å². The van der Waals surface area contributed by atoms with Gasteiger partial charge in [0.2, 0.25) is 0 Å². The summed E-state index contributed by atoms with van der Waals surface area (Å²) in [4.78, 5) is 37.0. The molecule has 4 aromatic rings. The van der Waals surface area contributed by atoms with Gasteiger partial charge in [-0.05, 0) is 36.4 Å². The van der Waals surface area contributed by atoms with E-state index in [0.717, 1.165) is 0 Å². The standard InChI is InChI=1S/C24H18FN3O5/c1-32-23(30)17-8-6-7-16(13-17)21(29)15-33-24(31)18-14-26-28(20-10-3-2-9-19(20)25)22(18)27-11-4-5-12-27/h2-14H,15H2,1H3. The normalized spacial score (nSPS) is 10.6. The van der Waals surface area contributed by atoms with Crippen LogP contribution in [0.25, 0.3) is 11.5 Å². The van der Waals surface area contributed by atoms with Crippen LogP contribution in [0.3, 0.4) is 0 Å². The number of rotatable bonds is 7. The molecule has 0 bridgehead atoms. The molecule has 0 N–H and O–H groups in total. The van der Waals surface area contributed by atoms with Crippen LogP contribution in [0.1, 0.15) is 31.1 Å². The van der Waals surface area contributed by atoms with E-state index in [9.17, 15) is 18.8 Å². The Labute approximate surface area is 187 Å². The van der Waals surface area contributed by atoms with Gasteiger partial charge in [0.15, 0.2) is 18.2 Å². The summed E-state index contributed by atoms with van der Waals surface area (Å²) in [6.07, 6.45) is 4.61. The van der Waals surface area contributed by atoms with Gasteiger partial charge in [-0.3, -0.25) is 4.79 Å². The lowest BCUT2D eigenvalue weighted by Gasteiger charge is -2.11. The van der Waals surface area contributed by atoms with E-state index in [-0.39, 0.29) is 28.2 Å². The topological polar surface area (TPSA) is 92.4 Å². The van der Waals surface area contributed by atoms with Crippen molar-refractivity contribution in [2.75, 3.05) is 13.7 Å². The summed E-state index contributed by atoms with van der Waals surface area (Å²) in [5.74, 6) is -2.15. The first-order chi connectivity index (χ1) is 16.0. The van der Waals surface area contributed by atoms with Crippen LogP contribution in [0, 0.1) is 5.82 Å². The van der Waals surface area contributed by atoms with E-state index in [1.807, 2.05) is 0 Å². The zero-order chi connectivity index (χ0) is 23.4. The van der Waals surface area contributed by atoms with Crippen molar-refractivity contribution in [3.63, 3.8) is 0 Å². The molecular weight excluding hydrogens is 429 g/mol. The number of benzene rings is 2. The molecule has 166 valence electrons. The summed E-state index contributed by atoms with van der Waals surface area (Å²) in [5, 5.41) is 4.17. The second-order valence-corrected chi connectivity index (χ2v) is 6.91. The maximum absolute atomic E-state index is 14.4. The smallest absolute Gasteiger partial charge is 0.344 e. The SMILES string of the molecule is COC(=O)c1cccc(C(=O)COC(=O)c2cnn(-c3ccccc3F)c2-n2cccc2)c1. The predicted molar refractivity (Wildman–Crippen MR) is 115 cm³/mol. The fourth-order valence-electron chi connectivity index (χ4n) is 3.24. The molecule has 0 atom stereocenters. The molecule has 9 heteroatoms. The molecule has 0 aliphatic rings. The number of carbonyl (C=O) groups excluding carboxylic acids is 3. The first-order valence-corrected chi connectivity index (χ1v) is 9.84. The number of aromatic nitrogens is 3. The van der Waals surface area contributed by atoms with Crippen LogP contribution in [0.2, 0.25) is 0 Å². The maximum Gasteiger partial charge on any atom is 0.344 e. The van der Waals surface area contributed by atoms with Crippen molar-refractivity contribution in [2.45, 2.75) is 0 Å². The highest BCUT2D eigenvalue weighted by atomic mass is 19.1. The van der Waals surface area contributed by atoms with Gasteiger partial charge in [0.25, 0.3) is 0 Å². The van der Waals surface area contributed by atoms with Crippen LogP contribution in [0.15, 0.2) is 79.3 Å². The number of nitrogens with zero attached hydrogens (tertiary/aromatic N) is 3. The van der Waals surface area contributed by atoms with Crippen LogP contribution in [0.5, 0.6) is 0 Å². The fraction of sp³-hybridized carbons (Fsp3) is 0.0833. The number of ether oxygens (including phenoxy) is 2. The monoisotopic (exact) mass is 447 g/mol. The Morgan fingerprint density at radius 1 is 0.939 bits per heavy atom. The molecule has 0 aliphatic heterocycles. The molecule has 2 heterocycles. The molecular formula is C24H18FN3O5. The molecule has 4 rings (SSSR count). The predicted octanol–water partition coefficient (Wildman–Crippen LogP) is 3.63. The van der Waals surface area contributed by atoms with E-state index in [2.05, 4.69) is 9.84 Å². The molecule has 0 saturated heterocycles. The van der Waals surface area contributed by atoms with Crippen LogP contribution >= 0.6 is 0 Å². The van der Waals surface area contributed by atoms with E-state index in [1.54, 1.807) is 41.2 Å². The highest BCUT2D eigenvalue weighted by Crippen LogP contribution is 2.22. The average Bonchev–Trinajstić information content (AvgIpc) is 3.52. The molecule has 2 aromatic carbocycles. The third-order valence-corrected chi connectivity index (χ3v) is 4.83. The summed E-state index contributed by atoms with van der Waals surface area (Å²) in [7, 11) is 1.24. The van der Waals surface area contributed by atoms with E-state index < -0.39 is 30.1 Å². The molecule has 0 fully saturated rings. The van der Waals surface area contributed by atoms with Crippen molar-refractivity contribution in [3.05, 3.63) is 102 Å². The van der Waals surface area contributed by atoms with Crippen molar-refractivity contribution in [2.24, 2.45) is 0 Å². The van der Waals surface area contributed by atoms with Gasteiger partial charge in [-0.15, -0.1) is 0 Å². The number of hydrogen-bond acceptors (Lipinski definition) is 6. The number of carbonyl (C=O) groups is 3. The summed E-state index contributed by atoms with van der Waals surface area (Å²) in [5.41, 5.74) is 0.593. The molecule has 0 amide bonds. The Hall–Kier alpha value is -4.53. The van der Waals surface area contributed by atoms with E-state index in [1.165, 1.54) is 54.4 Å². The number of para-hydroxylation sites is 1. The average molecular weight is 447 g/mol. The molecule has 2 aromatic heterocycles. The fourth-order valence-corrected chi connectivity index (χ4v) is 3.24. The van der Waals surface area contributed by atoms with Crippen molar-refractivity contribution < 1.29 is 28.2 Å². The molecule has 0 aliphatic carbocycles. The number of halogens is 1. The highest BCUT2D eigenvalue weighted by Gasteiger charge is 2.23. The van der Waals surface area contributed by atoms with Gasteiger partial charge in [0, 0.05) is 18.0 Å². The third-order valence-electron chi connectivity index (χ3n) is 4.83. The maximum atomic E-state index is 14.4. The van der Waals surface area contributed by atoms with Crippen molar-refractivity contribution >= 4 is 17.7 Å². The third kappa shape index (κ3) is 4.42. The van der Waals surface area contributed by atoms with Crippen molar-refractivity contribution in [1.29, 1.82) is 0 Å². The lowest BCUT2D eigenvalue weighted by Crippen LogP contribution is -2.16. The summed E-state index contributed by atoms with van der Waals surface area (Å²) < 4.78 is 27.2. The van der Waals surface area contributed by atoms with Gasteiger partial charge in [-0.25, -0.2) is 18.7 Å². The molecule has 33 heavy (non-hydrogen) atoms. The highest BCUT2D eigenvalue weighted by molar-refractivity contribution is 6.01. The van der Waals surface area contributed by atoms with Gasteiger partial charge >= 0.3 is 11.9 Å². The van der Waals surface area contributed by atoms with Crippen molar-refractivity contribution in [1.82, 2.24) is 14.3 Å². The zero-order valence-electron chi connectivity index (χ0n) is 17.5. The number of esters is 2. The number of methoxy groups -OCH3 is 1. The lowest BCUT2D eigenvalue weighted by molar-refractivity contribution is 0.0474. The Morgan fingerprint density at radius 2 is 1.67 bits per heavy atom. The Kier molecular flexibility index (Phi) is 6.12. The van der Waals surface area contributed by atoms with Crippen molar-refractivity contribution in [3.8, 4) is 11.5 Å². The van der Waals surface area contributed by atoms with E-state index >= 15 is 0 Å². The number of hydrogen-bond donors (Lipinski definition) is 0. The van der Waals surface area contributed by atoms with Gasteiger partial charge in [-0.2, -0.15) is 5.10 Å². The van der Waals surface area contributed by atoms with Gasteiger partial charge in [-0.1, -0.05) is 24.3 Å². The van der Waals surface area contributed by atoms with Gasteiger partial charge in [0.05, 0.1) is 18.9 Å². The quantitative estimate of drug-likeness (QED) is 0.317. The molecule has 0 spiro atoms. The lowest BCUT2D eigenvalue weighted by atomic mass is 10.1. The summed E-state index contributed by atoms with van der Waals surface area (Å²) >= 11 is 0. The summed E-state index contributed by atoms with van der Waals surface area (Å²) in [6, 6.07) is 15.4. The van der Waals surface area contributed by atoms with Gasteiger partial charge < -0.3 is 14.0 Å². The zero-order valence-corrected chi connectivity index (χ0v) is 17.5. The second kappa shape index (κ2) is 9.31. The Balaban J connectivity index is 1.59. The number of ketones is 1. The van der Waals surface area contributed by atoms with Gasteiger partial charge in [0.1, 0.15) is 17.1 Å². The minimum atomic E-state index is -0.807. The summed E-state index contributed by atoms with van der Waals surface area (Å²) in [6.45, 7) is -0.556. The second-order valence-electron chi connectivity index (χ2n) is 6.91.